The Hall–Kier alpha value is -1.22. The maximum Gasteiger partial charge on any atom is 0.142 e. The second-order valence-electron chi connectivity index (χ2n) is 6.62. The molecule has 1 aliphatic carbocycles. The molecule has 3 heteroatoms. The zero-order valence-corrected chi connectivity index (χ0v) is 12.8. The number of carbonyl (C=O) groups is 1. The summed E-state index contributed by atoms with van der Waals surface area (Å²) in [5, 5.41) is 0. The minimum Gasteiger partial charge on any atom is -0.299 e. The van der Waals surface area contributed by atoms with E-state index in [-0.39, 0.29) is 23.2 Å². The fourth-order valence-electron chi connectivity index (χ4n) is 3.07. The lowest BCUT2D eigenvalue weighted by atomic mass is 9.89. The molecule has 0 N–H and O–H groups in total. The van der Waals surface area contributed by atoms with E-state index in [1.807, 2.05) is 40.0 Å². The molecule has 0 spiro atoms. The fraction of sp³-hybridized carbons (Fsp3) is 0.588. The van der Waals surface area contributed by atoms with Gasteiger partial charge in [-0.05, 0) is 32.9 Å². The van der Waals surface area contributed by atoms with Crippen LogP contribution in [0.5, 0.6) is 0 Å². The summed E-state index contributed by atoms with van der Waals surface area (Å²) in [6, 6.07) is 6.84. The van der Waals surface area contributed by atoms with E-state index in [2.05, 4.69) is 4.90 Å². The second-order valence-corrected chi connectivity index (χ2v) is 6.62. The zero-order valence-electron chi connectivity index (χ0n) is 12.8. The quantitative estimate of drug-likeness (QED) is 0.833. The number of rotatable bonds is 4. The van der Waals surface area contributed by atoms with E-state index in [0.717, 1.165) is 12.8 Å². The molecule has 0 radical (unpaired) electrons. The molecule has 1 aromatic rings. The zero-order chi connectivity index (χ0) is 14.9. The average Bonchev–Trinajstić information content (AvgIpc) is 2.65. The number of carbonyl (C=O) groups excluding carboxylic acids is 1. The molecule has 0 amide bonds. The van der Waals surface area contributed by atoms with Crippen LogP contribution in [0, 0.1) is 17.2 Å². The van der Waals surface area contributed by atoms with Gasteiger partial charge >= 0.3 is 0 Å². The molecule has 0 bridgehead atoms. The molecule has 2 unspecified atom stereocenters. The normalized spacial score (nSPS) is 23.3. The second kappa shape index (κ2) is 5.65. The summed E-state index contributed by atoms with van der Waals surface area (Å²) >= 11 is 0. The molecule has 2 nitrogen and oxygen atoms in total. The maximum absolute atomic E-state index is 13.8. The van der Waals surface area contributed by atoms with Gasteiger partial charge in [-0.1, -0.05) is 32.0 Å². The Bertz CT molecular complexity index is 498. The predicted molar refractivity (Wildman–Crippen MR) is 79.0 cm³/mol. The van der Waals surface area contributed by atoms with Crippen molar-refractivity contribution in [1.29, 1.82) is 0 Å². The van der Waals surface area contributed by atoms with Crippen LogP contribution in [-0.4, -0.2) is 24.3 Å². The van der Waals surface area contributed by atoms with Gasteiger partial charge in [0.1, 0.15) is 11.6 Å². The Morgan fingerprint density at radius 1 is 1.40 bits per heavy atom. The molecule has 0 heterocycles. The summed E-state index contributed by atoms with van der Waals surface area (Å²) in [6.07, 6.45) is 1.90. The third-order valence-corrected chi connectivity index (χ3v) is 4.68. The van der Waals surface area contributed by atoms with E-state index in [1.54, 1.807) is 6.07 Å². The van der Waals surface area contributed by atoms with E-state index in [9.17, 15) is 9.18 Å². The molecular weight excluding hydrogens is 253 g/mol. The van der Waals surface area contributed by atoms with Crippen LogP contribution < -0.4 is 0 Å². The Balaban J connectivity index is 2.04. The Kier molecular flexibility index (Phi) is 4.28. The molecule has 2 atom stereocenters. The highest BCUT2D eigenvalue weighted by molar-refractivity contribution is 5.88. The van der Waals surface area contributed by atoms with E-state index < -0.39 is 0 Å². The number of hydrogen-bond donors (Lipinski definition) is 0. The molecule has 1 saturated carbocycles. The first-order valence-electron chi connectivity index (χ1n) is 7.32. The molecule has 0 saturated heterocycles. The van der Waals surface area contributed by atoms with Crippen LogP contribution in [0.15, 0.2) is 24.3 Å². The highest BCUT2D eigenvalue weighted by atomic mass is 19.1. The van der Waals surface area contributed by atoms with Crippen LogP contribution in [0.4, 0.5) is 4.39 Å². The van der Waals surface area contributed by atoms with Gasteiger partial charge in [0.2, 0.25) is 0 Å². The van der Waals surface area contributed by atoms with Gasteiger partial charge < -0.3 is 0 Å². The van der Waals surface area contributed by atoms with Gasteiger partial charge in [-0.3, -0.25) is 9.69 Å². The predicted octanol–water partition coefficient (Wildman–Crippen LogP) is 3.82. The number of nitrogens with zero attached hydrogens (tertiary/aromatic N) is 1. The van der Waals surface area contributed by atoms with Crippen molar-refractivity contribution in [3.8, 4) is 0 Å². The summed E-state index contributed by atoms with van der Waals surface area (Å²) in [7, 11) is 1.97. The van der Waals surface area contributed by atoms with Crippen LogP contribution in [0.2, 0.25) is 0 Å². The lowest BCUT2D eigenvalue weighted by Gasteiger charge is -2.28. The minimum atomic E-state index is -0.188. The van der Waals surface area contributed by atoms with Gasteiger partial charge in [-0.15, -0.1) is 0 Å². The van der Waals surface area contributed by atoms with Crippen molar-refractivity contribution < 1.29 is 9.18 Å². The third-order valence-electron chi connectivity index (χ3n) is 4.68. The van der Waals surface area contributed by atoms with Gasteiger partial charge in [0.15, 0.2) is 0 Å². The van der Waals surface area contributed by atoms with Gasteiger partial charge in [-0.25, -0.2) is 4.39 Å². The number of hydrogen-bond acceptors (Lipinski definition) is 2. The van der Waals surface area contributed by atoms with Crippen molar-refractivity contribution in [3.63, 3.8) is 0 Å². The number of halogens is 1. The molecule has 1 aliphatic rings. The van der Waals surface area contributed by atoms with Crippen LogP contribution in [0.3, 0.4) is 0 Å². The van der Waals surface area contributed by atoms with E-state index in [1.165, 1.54) is 6.07 Å². The monoisotopic (exact) mass is 277 g/mol. The van der Waals surface area contributed by atoms with Crippen molar-refractivity contribution in [3.05, 3.63) is 35.6 Å². The van der Waals surface area contributed by atoms with Crippen LogP contribution in [0.1, 0.15) is 45.2 Å². The van der Waals surface area contributed by atoms with Gasteiger partial charge in [0.05, 0.1) is 0 Å². The Morgan fingerprint density at radius 3 is 2.60 bits per heavy atom. The summed E-state index contributed by atoms with van der Waals surface area (Å²) in [5.74, 6) is 0.263. The topological polar surface area (TPSA) is 20.3 Å². The first kappa shape index (κ1) is 15.2. The van der Waals surface area contributed by atoms with Crippen molar-refractivity contribution in [1.82, 2.24) is 4.90 Å². The van der Waals surface area contributed by atoms with Gasteiger partial charge in [0.25, 0.3) is 0 Å². The SMILES string of the molecule is CC(c1ccccc1F)N(C)CC1CCC(C)(C)C1=O. The Morgan fingerprint density at radius 2 is 2.05 bits per heavy atom. The lowest BCUT2D eigenvalue weighted by molar-refractivity contribution is -0.128. The average molecular weight is 277 g/mol. The van der Waals surface area contributed by atoms with Crippen molar-refractivity contribution in [2.75, 3.05) is 13.6 Å². The van der Waals surface area contributed by atoms with Crippen molar-refractivity contribution >= 4 is 5.78 Å². The van der Waals surface area contributed by atoms with E-state index in [0.29, 0.717) is 17.9 Å². The highest BCUT2D eigenvalue weighted by Crippen LogP contribution is 2.38. The molecule has 20 heavy (non-hydrogen) atoms. The molecule has 0 aromatic heterocycles. The summed E-state index contributed by atoms with van der Waals surface area (Å²) in [5.41, 5.74) is 0.506. The number of benzene rings is 1. The Labute approximate surface area is 121 Å². The van der Waals surface area contributed by atoms with Crippen molar-refractivity contribution in [2.45, 2.75) is 39.7 Å². The van der Waals surface area contributed by atoms with Crippen LogP contribution in [-0.2, 0) is 4.79 Å². The molecular formula is C17H24FNO. The van der Waals surface area contributed by atoms with Gasteiger partial charge in [-0.2, -0.15) is 0 Å². The largest absolute Gasteiger partial charge is 0.299 e. The fourth-order valence-corrected chi connectivity index (χ4v) is 3.07. The van der Waals surface area contributed by atoms with Crippen LogP contribution in [0.25, 0.3) is 0 Å². The first-order chi connectivity index (χ1) is 9.33. The maximum atomic E-state index is 13.8. The summed E-state index contributed by atoms with van der Waals surface area (Å²) < 4.78 is 13.8. The van der Waals surface area contributed by atoms with E-state index in [4.69, 9.17) is 0 Å². The minimum absolute atomic E-state index is 0.0206. The number of ketones is 1. The van der Waals surface area contributed by atoms with Crippen molar-refractivity contribution in [2.24, 2.45) is 11.3 Å². The molecule has 0 aliphatic heterocycles. The highest BCUT2D eigenvalue weighted by Gasteiger charge is 2.40. The van der Waals surface area contributed by atoms with Crippen LogP contribution >= 0.6 is 0 Å². The van der Waals surface area contributed by atoms with E-state index >= 15 is 0 Å². The van der Waals surface area contributed by atoms with Gasteiger partial charge in [0, 0.05) is 29.5 Å². The summed E-state index contributed by atoms with van der Waals surface area (Å²) in [6.45, 7) is 6.74. The third kappa shape index (κ3) is 2.93. The molecule has 1 fully saturated rings. The molecule has 1 aromatic carbocycles. The molecule has 110 valence electrons. The standard InChI is InChI=1S/C17H24FNO/c1-12(14-7-5-6-8-15(14)18)19(4)11-13-9-10-17(2,3)16(13)20/h5-8,12-13H,9-11H2,1-4H3. The first-order valence-corrected chi connectivity index (χ1v) is 7.32. The smallest absolute Gasteiger partial charge is 0.142 e. The lowest BCUT2D eigenvalue weighted by Crippen LogP contribution is -2.33. The number of Topliss-reactive ketones (excluding diaryl/α,β-unsaturated/α-hetero) is 1. The molecule has 2 rings (SSSR count). The summed E-state index contributed by atoms with van der Waals surface area (Å²) in [4.78, 5) is 14.4.